The molecule has 1 aliphatic rings. The second kappa shape index (κ2) is 8.02. The van der Waals surface area contributed by atoms with Crippen molar-refractivity contribution in [3.8, 4) is 5.75 Å². The number of piperazine rings is 1. The van der Waals surface area contributed by atoms with Gasteiger partial charge in [0.1, 0.15) is 5.75 Å². The first-order valence-corrected chi connectivity index (χ1v) is 6.48. The van der Waals surface area contributed by atoms with Crippen molar-refractivity contribution in [1.29, 1.82) is 0 Å². The van der Waals surface area contributed by atoms with Crippen LogP contribution in [0.5, 0.6) is 5.75 Å². The average Bonchev–Trinajstić information content (AvgIpc) is 2.40. The summed E-state index contributed by atoms with van der Waals surface area (Å²) in [6.45, 7) is 6.87. The van der Waals surface area contributed by atoms with E-state index in [1.165, 1.54) is 0 Å². The molecule has 0 bridgehead atoms. The van der Waals surface area contributed by atoms with E-state index in [0.29, 0.717) is 6.61 Å². The first kappa shape index (κ1) is 15.8. The van der Waals surface area contributed by atoms with Gasteiger partial charge in [0, 0.05) is 26.2 Å². The summed E-state index contributed by atoms with van der Waals surface area (Å²) in [6.07, 6.45) is 1.92. The quantitative estimate of drug-likeness (QED) is 0.792. The van der Waals surface area contributed by atoms with Gasteiger partial charge in [0.05, 0.1) is 12.8 Å². The molecule has 0 spiro atoms. The van der Waals surface area contributed by atoms with Gasteiger partial charge in [-0.05, 0) is 43.8 Å². The summed E-state index contributed by atoms with van der Waals surface area (Å²) in [5, 5.41) is 6.63. The molecule has 0 atom stereocenters. The van der Waals surface area contributed by atoms with Gasteiger partial charge in [-0.2, -0.15) is 5.10 Å². The van der Waals surface area contributed by atoms with Crippen LogP contribution in [-0.4, -0.2) is 56.0 Å². The lowest BCUT2D eigenvalue weighted by Crippen LogP contribution is -2.41. The molecule has 106 valence electrons. The van der Waals surface area contributed by atoms with Gasteiger partial charge in [-0.1, -0.05) is 0 Å². The fourth-order valence-electron chi connectivity index (χ4n) is 1.88. The highest BCUT2D eigenvalue weighted by molar-refractivity contribution is 5.85. The van der Waals surface area contributed by atoms with Crippen LogP contribution in [0.1, 0.15) is 12.5 Å². The summed E-state index contributed by atoms with van der Waals surface area (Å²) in [5.41, 5.74) is 1.11. The molecule has 2 rings (SSSR count). The highest BCUT2D eigenvalue weighted by Crippen LogP contribution is 2.11. The fraction of sp³-hybridized carbons (Fsp3) is 0.500. The number of hydrogen-bond donors (Lipinski definition) is 0. The number of rotatable bonds is 4. The van der Waals surface area contributed by atoms with Crippen molar-refractivity contribution in [2.24, 2.45) is 5.10 Å². The van der Waals surface area contributed by atoms with Crippen LogP contribution < -0.4 is 4.74 Å². The third-order valence-electron chi connectivity index (χ3n) is 3.04. The molecule has 1 aromatic carbocycles. The van der Waals surface area contributed by atoms with Crippen molar-refractivity contribution in [3.63, 3.8) is 0 Å². The van der Waals surface area contributed by atoms with Crippen LogP contribution in [0.4, 0.5) is 0 Å². The van der Waals surface area contributed by atoms with Crippen molar-refractivity contribution < 1.29 is 4.74 Å². The van der Waals surface area contributed by atoms with E-state index in [2.05, 4.69) is 22.1 Å². The van der Waals surface area contributed by atoms with E-state index in [1.54, 1.807) is 0 Å². The largest absolute Gasteiger partial charge is 0.494 e. The Morgan fingerprint density at radius 1 is 1.16 bits per heavy atom. The Morgan fingerprint density at radius 2 is 1.79 bits per heavy atom. The predicted octanol–water partition coefficient (Wildman–Crippen LogP) is 2.09. The summed E-state index contributed by atoms with van der Waals surface area (Å²) in [6, 6.07) is 8.03. The van der Waals surface area contributed by atoms with E-state index in [-0.39, 0.29) is 12.4 Å². The van der Waals surface area contributed by atoms with E-state index in [0.717, 1.165) is 37.5 Å². The summed E-state index contributed by atoms with van der Waals surface area (Å²) in [7, 11) is 2.15. The summed E-state index contributed by atoms with van der Waals surface area (Å²) in [5.74, 6) is 0.911. The summed E-state index contributed by atoms with van der Waals surface area (Å²) < 4.78 is 5.41. The van der Waals surface area contributed by atoms with Crippen molar-refractivity contribution >= 4 is 18.6 Å². The molecule has 0 unspecified atom stereocenters. The van der Waals surface area contributed by atoms with Gasteiger partial charge in [-0.3, -0.25) is 5.01 Å². The van der Waals surface area contributed by atoms with Gasteiger partial charge < -0.3 is 9.64 Å². The van der Waals surface area contributed by atoms with Crippen molar-refractivity contribution in [2.75, 3.05) is 39.8 Å². The first-order chi connectivity index (χ1) is 8.78. The lowest BCUT2D eigenvalue weighted by Gasteiger charge is -2.30. The minimum atomic E-state index is 0. The lowest BCUT2D eigenvalue weighted by molar-refractivity contribution is 0.159. The van der Waals surface area contributed by atoms with Gasteiger partial charge in [-0.25, -0.2) is 0 Å². The maximum Gasteiger partial charge on any atom is 0.119 e. The molecule has 0 N–H and O–H groups in total. The Hall–Kier alpha value is -1.26. The minimum Gasteiger partial charge on any atom is -0.494 e. The molecule has 0 aliphatic carbocycles. The van der Waals surface area contributed by atoms with Crippen LogP contribution in [0, 0.1) is 0 Å². The smallest absolute Gasteiger partial charge is 0.119 e. The Kier molecular flexibility index (Phi) is 6.67. The molecule has 1 heterocycles. The highest BCUT2D eigenvalue weighted by atomic mass is 35.5. The number of nitrogens with zero attached hydrogens (tertiary/aromatic N) is 3. The molecule has 0 saturated carbocycles. The number of hydrazone groups is 1. The maximum atomic E-state index is 5.41. The van der Waals surface area contributed by atoms with Crippen LogP contribution in [0.3, 0.4) is 0 Å². The Bertz CT molecular complexity index is 386. The van der Waals surface area contributed by atoms with Crippen LogP contribution in [-0.2, 0) is 0 Å². The van der Waals surface area contributed by atoms with E-state index >= 15 is 0 Å². The second-order valence-electron chi connectivity index (χ2n) is 4.50. The van der Waals surface area contributed by atoms with Gasteiger partial charge in [0.2, 0.25) is 0 Å². The topological polar surface area (TPSA) is 28.1 Å². The predicted molar refractivity (Wildman–Crippen MR) is 81.5 cm³/mol. The first-order valence-electron chi connectivity index (χ1n) is 6.48. The van der Waals surface area contributed by atoms with Crippen LogP contribution >= 0.6 is 12.4 Å². The molecule has 1 aliphatic heterocycles. The zero-order chi connectivity index (χ0) is 12.8. The Balaban J connectivity index is 0.00000180. The van der Waals surface area contributed by atoms with Crippen LogP contribution in [0.15, 0.2) is 29.4 Å². The SMILES string of the molecule is CCOc1ccc(C=NN2CCN(C)CC2)cc1.Cl. The highest BCUT2D eigenvalue weighted by Gasteiger charge is 2.10. The van der Waals surface area contributed by atoms with Crippen molar-refractivity contribution in [1.82, 2.24) is 9.91 Å². The van der Waals surface area contributed by atoms with Gasteiger partial charge >= 0.3 is 0 Å². The monoisotopic (exact) mass is 283 g/mol. The molecule has 19 heavy (non-hydrogen) atoms. The van der Waals surface area contributed by atoms with Crippen molar-refractivity contribution in [3.05, 3.63) is 29.8 Å². The van der Waals surface area contributed by atoms with Gasteiger partial charge in [0.25, 0.3) is 0 Å². The number of likely N-dealkylation sites (N-methyl/N-ethyl adjacent to an activating group) is 1. The fourth-order valence-corrected chi connectivity index (χ4v) is 1.88. The summed E-state index contributed by atoms with van der Waals surface area (Å²) >= 11 is 0. The molecule has 0 radical (unpaired) electrons. The molecular formula is C14H22ClN3O. The number of benzene rings is 1. The van der Waals surface area contributed by atoms with Crippen molar-refractivity contribution in [2.45, 2.75) is 6.92 Å². The zero-order valence-corrected chi connectivity index (χ0v) is 12.4. The van der Waals surface area contributed by atoms with Crippen LogP contribution in [0.2, 0.25) is 0 Å². The van der Waals surface area contributed by atoms with Crippen LogP contribution in [0.25, 0.3) is 0 Å². The standard InChI is InChI=1S/C14H21N3O.ClH/c1-3-18-14-6-4-13(5-7-14)12-15-17-10-8-16(2)9-11-17;/h4-7,12H,3,8-11H2,1-2H3;1H. The third kappa shape index (κ3) is 5.09. The van der Waals surface area contributed by atoms with E-state index in [9.17, 15) is 0 Å². The Morgan fingerprint density at radius 3 is 2.37 bits per heavy atom. The normalized spacial score (nSPS) is 16.4. The number of ether oxygens (including phenoxy) is 1. The molecule has 1 aromatic rings. The third-order valence-corrected chi connectivity index (χ3v) is 3.04. The Labute approximate surface area is 121 Å². The lowest BCUT2D eigenvalue weighted by atomic mass is 10.2. The van der Waals surface area contributed by atoms with E-state index < -0.39 is 0 Å². The summed E-state index contributed by atoms with van der Waals surface area (Å²) in [4.78, 5) is 2.32. The van der Waals surface area contributed by atoms with Gasteiger partial charge in [0.15, 0.2) is 0 Å². The molecule has 4 nitrogen and oxygen atoms in total. The molecule has 1 fully saturated rings. The molecule has 0 amide bonds. The minimum absolute atomic E-state index is 0. The zero-order valence-electron chi connectivity index (χ0n) is 11.6. The van der Waals surface area contributed by atoms with Gasteiger partial charge in [-0.15, -0.1) is 12.4 Å². The average molecular weight is 284 g/mol. The van der Waals surface area contributed by atoms with E-state index in [1.807, 2.05) is 37.4 Å². The number of hydrogen-bond acceptors (Lipinski definition) is 4. The number of halogens is 1. The molecule has 0 aromatic heterocycles. The molecular weight excluding hydrogens is 262 g/mol. The van der Waals surface area contributed by atoms with E-state index in [4.69, 9.17) is 4.74 Å². The molecule has 5 heteroatoms. The maximum absolute atomic E-state index is 5.41. The second-order valence-corrected chi connectivity index (χ2v) is 4.50. The molecule has 1 saturated heterocycles.